The number of rotatable bonds is 1. The second-order valence-electron chi connectivity index (χ2n) is 2.15. The van der Waals surface area contributed by atoms with Crippen LogP contribution in [-0.2, 0) is 0 Å². The van der Waals surface area contributed by atoms with Crippen molar-refractivity contribution in [2.75, 3.05) is 11.5 Å². The van der Waals surface area contributed by atoms with E-state index >= 15 is 0 Å². The number of hydrogen-bond donors (Lipinski definition) is 3. The molecule has 12 heavy (non-hydrogen) atoms. The number of hydrogen-bond acceptors (Lipinski definition) is 3. The van der Waals surface area contributed by atoms with Crippen molar-refractivity contribution in [3.8, 4) is 0 Å². The number of aromatic carboxylic acids is 1. The number of carboxylic acid groups (broad SMARTS) is 1. The quantitative estimate of drug-likeness (QED) is 0.411. The van der Waals surface area contributed by atoms with Crippen LogP contribution in [0.1, 0.15) is 10.4 Å². The summed E-state index contributed by atoms with van der Waals surface area (Å²) in [5.74, 6) is -1.04. The van der Waals surface area contributed by atoms with Crippen LogP contribution < -0.4 is 11.5 Å². The molecule has 0 saturated heterocycles. The zero-order valence-electron chi connectivity index (χ0n) is 5.74. The van der Waals surface area contributed by atoms with E-state index in [9.17, 15) is 4.79 Å². The molecule has 1 aromatic carbocycles. The summed E-state index contributed by atoms with van der Waals surface area (Å²) < 4.78 is 0. The summed E-state index contributed by atoms with van der Waals surface area (Å²) in [5.41, 5.74) is 11.5. The maximum atomic E-state index is 10.4. The summed E-state index contributed by atoms with van der Waals surface area (Å²) in [6, 6.07) is 4.30. The third kappa shape index (κ3) is 2.41. The number of nitrogen functional groups attached to an aromatic ring is 2. The molecule has 0 saturated carbocycles. The fourth-order valence-electron chi connectivity index (χ4n) is 0.776. The molecule has 0 aliphatic carbocycles. The van der Waals surface area contributed by atoms with Gasteiger partial charge in [0.2, 0.25) is 0 Å². The molecular weight excluding hydrogens is 167 g/mol. The average molecular weight is 176 g/mol. The van der Waals surface area contributed by atoms with Gasteiger partial charge in [-0.2, -0.15) is 0 Å². The van der Waals surface area contributed by atoms with Gasteiger partial charge in [0.05, 0.1) is 5.56 Å². The third-order valence-corrected chi connectivity index (χ3v) is 1.31. The van der Waals surface area contributed by atoms with Crippen molar-refractivity contribution in [1.82, 2.24) is 0 Å². The van der Waals surface area contributed by atoms with E-state index in [0.717, 1.165) is 0 Å². The van der Waals surface area contributed by atoms with Crippen LogP contribution in [0.25, 0.3) is 0 Å². The Morgan fingerprint density at radius 2 is 1.92 bits per heavy atom. The number of anilines is 2. The zero-order chi connectivity index (χ0) is 8.43. The minimum atomic E-state index is -1.04. The predicted molar refractivity (Wildman–Crippen MR) is 49.4 cm³/mol. The molecule has 0 aliphatic heterocycles. The van der Waals surface area contributed by atoms with Gasteiger partial charge in [-0.1, -0.05) is 0 Å². The van der Waals surface area contributed by atoms with Gasteiger partial charge in [-0.05, 0) is 18.2 Å². The van der Waals surface area contributed by atoms with Crippen molar-refractivity contribution in [1.29, 1.82) is 0 Å². The molecule has 1 aromatic rings. The van der Waals surface area contributed by atoms with Gasteiger partial charge in [-0.15, -0.1) is 0 Å². The molecule has 4 nitrogen and oxygen atoms in total. The Morgan fingerprint density at radius 1 is 1.33 bits per heavy atom. The zero-order valence-corrected chi connectivity index (χ0v) is 5.74. The fraction of sp³-hybridized carbons (Fsp3) is 0. The van der Waals surface area contributed by atoms with E-state index in [2.05, 4.69) is 0 Å². The van der Waals surface area contributed by atoms with Crippen molar-refractivity contribution in [2.24, 2.45) is 0 Å². The summed E-state index contributed by atoms with van der Waals surface area (Å²) >= 11 is 0. The molecule has 60 valence electrons. The number of carboxylic acids is 1. The van der Waals surface area contributed by atoms with Gasteiger partial charge < -0.3 is 16.6 Å². The fourth-order valence-corrected chi connectivity index (χ4v) is 0.776. The SMILES string of the molecule is Nc1ccc(C(=O)O)c(N)c1.[NaH]. The van der Waals surface area contributed by atoms with Crippen molar-refractivity contribution < 1.29 is 9.90 Å². The summed E-state index contributed by atoms with van der Waals surface area (Å²) in [6.45, 7) is 0. The Bertz CT molecular complexity index is 301. The van der Waals surface area contributed by atoms with Gasteiger partial charge in [0.1, 0.15) is 0 Å². The molecule has 0 spiro atoms. The van der Waals surface area contributed by atoms with Gasteiger partial charge in [0.15, 0.2) is 0 Å². The molecule has 0 heterocycles. The molecule has 5 N–H and O–H groups in total. The van der Waals surface area contributed by atoms with Crippen LogP contribution in [0, 0.1) is 0 Å². The maximum absolute atomic E-state index is 10.4. The van der Waals surface area contributed by atoms with E-state index < -0.39 is 5.97 Å². The molecule has 0 unspecified atom stereocenters. The predicted octanol–water partition coefficient (Wildman–Crippen LogP) is -0.0993. The molecule has 0 fully saturated rings. The van der Waals surface area contributed by atoms with E-state index in [0.29, 0.717) is 5.69 Å². The van der Waals surface area contributed by atoms with Crippen LogP contribution in [0.2, 0.25) is 0 Å². The first-order valence-electron chi connectivity index (χ1n) is 2.99. The van der Waals surface area contributed by atoms with Crippen molar-refractivity contribution in [3.63, 3.8) is 0 Å². The number of benzene rings is 1. The second kappa shape index (κ2) is 4.35. The number of nitrogens with two attached hydrogens (primary N) is 2. The minimum absolute atomic E-state index is 0. The van der Waals surface area contributed by atoms with Gasteiger partial charge in [-0.3, -0.25) is 0 Å². The average Bonchev–Trinajstić information content (AvgIpc) is 1.85. The Balaban J connectivity index is 0.00000121. The summed E-state index contributed by atoms with van der Waals surface area (Å²) in [6.07, 6.45) is 0. The summed E-state index contributed by atoms with van der Waals surface area (Å²) in [7, 11) is 0. The Hall–Kier alpha value is -0.710. The molecule has 0 aliphatic rings. The topological polar surface area (TPSA) is 89.3 Å². The normalized spacial score (nSPS) is 8.67. The Labute approximate surface area is 91.8 Å². The first-order chi connectivity index (χ1) is 5.11. The van der Waals surface area contributed by atoms with E-state index in [4.69, 9.17) is 16.6 Å². The van der Waals surface area contributed by atoms with E-state index in [-0.39, 0.29) is 40.8 Å². The van der Waals surface area contributed by atoms with Gasteiger partial charge in [0, 0.05) is 11.4 Å². The van der Waals surface area contributed by atoms with Crippen LogP contribution in [0.5, 0.6) is 0 Å². The molecular formula is C7H9N2NaO2. The molecule has 0 bridgehead atoms. The molecule has 0 aromatic heterocycles. The van der Waals surface area contributed by atoms with Crippen molar-refractivity contribution in [2.45, 2.75) is 0 Å². The van der Waals surface area contributed by atoms with Gasteiger partial charge in [0.25, 0.3) is 0 Å². The summed E-state index contributed by atoms with van der Waals surface area (Å²) in [5, 5.41) is 8.54. The van der Waals surface area contributed by atoms with Crippen LogP contribution in [-0.4, -0.2) is 40.6 Å². The Morgan fingerprint density at radius 3 is 2.33 bits per heavy atom. The first kappa shape index (κ1) is 11.3. The van der Waals surface area contributed by atoms with E-state index in [1.54, 1.807) is 0 Å². The second-order valence-corrected chi connectivity index (χ2v) is 2.15. The molecule has 1 rings (SSSR count). The summed E-state index contributed by atoms with van der Waals surface area (Å²) in [4.78, 5) is 10.4. The van der Waals surface area contributed by atoms with Crippen LogP contribution in [0.4, 0.5) is 11.4 Å². The van der Waals surface area contributed by atoms with Crippen molar-refractivity contribution >= 4 is 46.9 Å². The molecule has 5 heteroatoms. The molecule has 0 amide bonds. The number of carbonyl (C=O) groups is 1. The first-order valence-corrected chi connectivity index (χ1v) is 2.99. The van der Waals surface area contributed by atoms with Crippen molar-refractivity contribution in [3.05, 3.63) is 23.8 Å². The van der Waals surface area contributed by atoms with Gasteiger partial charge >= 0.3 is 35.5 Å². The standard InChI is InChI=1S/C7H8N2O2.Na.H/c8-4-1-2-5(7(10)11)6(9)3-4;;/h1-3H,8-9H2,(H,10,11);;. The van der Waals surface area contributed by atoms with Crippen LogP contribution in [0.3, 0.4) is 0 Å². The third-order valence-electron chi connectivity index (χ3n) is 1.31. The monoisotopic (exact) mass is 176 g/mol. The molecule has 0 radical (unpaired) electrons. The molecule has 0 atom stereocenters. The van der Waals surface area contributed by atoms with E-state index in [1.165, 1.54) is 18.2 Å². The van der Waals surface area contributed by atoms with E-state index in [1.807, 2.05) is 0 Å². The van der Waals surface area contributed by atoms with Crippen LogP contribution >= 0.6 is 0 Å². The van der Waals surface area contributed by atoms with Gasteiger partial charge in [-0.25, -0.2) is 4.79 Å². The van der Waals surface area contributed by atoms with Crippen LogP contribution in [0.15, 0.2) is 18.2 Å². The Kier molecular flexibility index (Phi) is 4.09.